The van der Waals surface area contributed by atoms with Gasteiger partial charge in [0.05, 0.1) is 0 Å². The largest absolute Gasteiger partial charge is 0.0622 e. The molecule has 0 aliphatic heterocycles. The third kappa shape index (κ3) is 2.80. The zero-order valence-corrected chi connectivity index (χ0v) is 9.35. The molecule has 12 heavy (non-hydrogen) atoms. The zero-order chi connectivity index (χ0) is 9.35. The van der Waals surface area contributed by atoms with Gasteiger partial charge in [-0.15, -0.1) is 0 Å². The van der Waals surface area contributed by atoms with E-state index in [4.69, 9.17) is 0 Å². The number of hydrogen-bond acceptors (Lipinski definition) is 0. The second-order valence-electron chi connectivity index (χ2n) is 5.82. The van der Waals surface area contributed by atoms with Gasteiger partial charge in [0, 0.05) is 0 Å². The van der Waals surface area contributed by atoms with E-state index in [2.05, 4.69) is 34.6 Å². The summed E-state index contributed by atoms with van der Waals surface area (Å²) >= 11 is 0. The number of hydrogen-bond donors (Lipinski definition) is 0. The second-order valence-corrected chi connectivity index (χ2v) is 5.82. The van der Waals surface area contributed by atoms with Crippen LogP contribution in [0, 0.1) is 23.2 Å². The van der Waals surface area contributed by atoms with Crippen molar-refractivity contribution in [2.45, 2.75) is 53.9 Å². The molecular weight excluding hydrogens is 144 g/mol. The third-order valence-electron chi connectivity index (χ3n) is 3.63. The van der Waals surface area contributed by atoms with Gasteiger partial charge in [-0.05, 0) is 42.4 Å². The molecule has 0 aromatic rings. The van der Waals surface area contributed by atoms with Crippen LogP contribution in [-0.4, -0.2) is 0 Å². The van der Waals surface area contributed by atoms with Crippen LogP contribution in [0.4, 0.5) is 0 Å². The topological polar surface area (TPSA) is 0 Å². The highest BCUT2D eigenvalue weighted by Gasteiger charge is 2.31. The van der Waals surface area contributed by atoms with E-state index >= 15 is 0 Å². The summed E-state index contributed by atoms with van der Waals surface area (Å²) in [4.78, 5) is 0. The molecule has 0 aromatic heterocycles. The molecule has 0 spiro atoms. The van der Waals surface area contributed by atoms with Gasteiger partial charge in [0.2, 0.25) is 0 Å². The Kier molecular flexibility index (Phi) is 2.85. The van der Waals surface area contributed by atoms with Crippen LogP contribution < -0.4 is 0 Å². The predicted molar refractivity (Wildman–Crippen MR) is 55.1 cm³/mol. The van der Waals surface area contributed by atoms with E-state index in [9.17, 15) is 0 Å². The first-order valence-corrected chi connectivity index (χ1v) is 5.41. The maximum Gasteiger partial charge on any atom is -0.0357 e. The molecule has 0 nitrogen and oxygen atoms in total. The minimum atomic E-state index is 0.503. The van der Waals surface area contributed by atoms with Gasteiger partial charge in [0.25, 0.3) is 0 Å². The lowest BCUT2D eigenvalue weighted by Crippen LogP contribution is -2.20. The molecule has 2 atom stereocenters. The van der Waals surface area contributed by atoms with Crippen molar-refractivity contribution in [2.24, 2.45) is 23.2 Å². The van der Waals surface area contributed by atoms with Crippen molar-refractivity contribution in [2.75, 3.05) is 0 Å². The molecular formula is C12H24. The first kappa shape index (κ1) is 10.1. The van der Waals surface area contributed by atoms with Crippen molar-refractivity contribution in [3.8, 4) is 0 Å². The van der Waals surface area contributed by atoms with Crippen molar-refractivity contribution in [3.05, 3.63) is 0 Å². The van der Waals surface area contributed by atoms with Crippen LogP contribution in [0.1, 0.15) is 53.9 Å². The molecule has 2 unspecified atom stereocenters. The Bertz CT molecular complexity index is 137. The van der Waals surface area contributed by atoms with Crippen LogP contribution in [0.25, 0.3) is 0 Å². The lowest BCUT2D eigenvalue weighted by atomic mass is 9.76. The van der Waals surface area contributed by atoms with Crippen molar-refractivity contribution >= 4 is 0 Å². The van der Waals surface area contributed by atoms with E-state index in [0.717, 1.165) is 17.8 Å². The van der Waals surface area contributed by atoms with E-state index in [1.165, 1.54) is 19.3 Å². The Balaban J connectivity index is 2.29. The summed E-state index contributed by atoms with van der Waals surface area (Å²) in [5.74, 6) is 2.92. The van der Waals surface area contributed by atoms with Crippen molar-refractivity contribution in [1.82, 2.24) is 0 Å². The Morgan fingerprint density at radius 1 is 1.17 bits per heavy atom. The smallest absolute Gasteiger partial charge is 0.0357 e. The lowest BCUT2D eigenvalue weighted by Gasteiger charge is -2.29. The molecule has 1 aliphatic rings. The van der Waals surface area contributed by atoms with Crippen LogP contribution in [0.15, 0.2) is 0 Å². The average molecular weight is 168 g/mol. The Labute approximate surface area is 77.7 Å². The minimum Gasteiger partial charge on any atom is -0.0622 e. The molecule has 0 radical (unpaired) electrons. The molecule has 0 amide bonds. The van der Waals surface area contributed by atoms with Gasteiger partial charge in [-0.3, -0.25) is 0 Å². The summed E-state index contributed by atoms with van der Waals surface area (Å²) < 4.78 is 0. The first-order valence-electron chi connectivity index (χ1n) is 5.41. The summed E-state index contributed by atoms with van der Waals surface area (Å²) in [7, 11) is 0. The highest BCUT2D eigenvalue weighted by atomic mass is 14.4. The van der Waals surface area contributed by atoms with E-state index in [0.29, 0.717) is 5.41 Å². The van der Waals surface area contributed by atoms with Crippen molar-refractivity contribution < 1.29 is 0 Å². The summed E-state index contributed by atoms with van der Waals surface area (Å²) in [6.45, 7) is 11.9. The fourth-order valence-corrected chi connectivity index (χ4v) is 1.77. The van der Waals surface area contributed by atoms with Crippen LogP contribution in [0.2, 0.25) is 0 Å². The Morgan fingerprint density at radius 3 is 2.00 bits per heavy atom. The summed E-state index contributed by atoms with van der Waals surface area (Å²) in [6, 6.07) is 0. The van der Waals surface area contributed by atoms with E-state index in [-0.39, 0.29) is 0 Å². The summed E-state index contributed by atoms with van der Waals surface area (Å²) in [5.41, 5.74) is 0.503. The van der Waals surface area contributed by atoms with E-state index < -0.39 is 0 Å². The van der Waals surface area contributed by atoms with E-state index in [1.54, 1.807) is 0 Å². The van der Waals surface area contributed by atoms with Gasteiger partial charge >= 0.3 is 0 Å². The van der Waals surface area contributed by atoms with Crippen LogP contribution in [0.3, 0.4) is 0 Å². The maximum atomic E-state index is 2.43. The molecule has 1 fully saturated rings. The van der Waals surface area contributed by atoms with Gasteiger partial charge in [-0.1, -0.05) is 34.6 Å². The SMILES string of the molecule is CC(CC(C)C(C)(C)C)C1CC1. The molecule has 1 saturated carbocycles. The minimum absolute atomic E-state index is 0.503. The molecule has 1 aliphatic carbocycles. The highest BCUT2D eigenvalue weighted by Crippen LogP contribution is 2.42. The standard InChI is InChI=1S/C12H24/c1-9(11-6-7-11)8-10(2)12(3,4)5/h9-11H,6-8H2,1-5H3. The molecule has 0 aromatic carbocycles. The summed E-state index contributed by atoms with van der Waals surface area (Å²) in [6.07, 6.45) is 4.42. The second kappa shape index (κ2) is 3.40. The van der Waals surface area contributed by atoms with Gasteiger partial charge in [0.1, 0.15) is 0 Å². The molecule has 0 heteroatoms. The van der Waals surface area contributed by atoms with Gasteiger partial charge < -0.3 is 0 Å². The maximum absolute atomic E-state index is 2.43. The van der Waals surface area contributed by atoms with Crippen LogP contribution >= 0.6 is 0 Å². The van der Waals surface area contributed by atoms with Crippen molar-refractivity contribution in [1.29, 1.82) is 0 Å². The van der Waals surface area contributed by atoms with Gasteiger partial charge in [-0.25, -0.2) is 0 Å². The quantitative estimate of drug-likeness (QED) is 0.595. The highest BCUT2D eigenvalue weighted by molar-refractivity contribution is 4.82. The van der Waals surface area contributed by atoms with Gasteiger partial charge in [-0.2, -0.15) is 0 Å². The van der Waals surface area contributed by atoms with E-state index in [1.807, 2.05) is 0 Å². The first-order chi connectivity index (χ1) is 5.41. The molecule has 1 rings (SSSR count). The fourth-order valence-electron chi connectivity index (χ4n) is 1.77. The van der Waals surface area contributed by atoms with Crippen molar-refractivity contribution in [3.63, 3.8) is 0 Å². The Hall–Kier alpha value is 0. The predicted octanol–water partition coefficient (Wildman–Crippen LogP) is 4.10. The fraction of sp³-hybridized carbons (Fsp3) is 1.00. The van der Waals surface area contributed by atoms with Crippen LogP contribution in [0.5, 0.6) is 0 Å². The summed E-state index contributed by atoms with van der Waals surface area (Å²) in [5, 5.41) is 0. The molecule has 72 valence electrons. The number of rotatable bonds is 3. The monoisotopic (exact) mass is 168 g/mol. The van der Waals surface area contributed by atoms with Crippen LogP contribution in [-0.2, 0) is 0 Å². The molecule has 0 N–H and O–H groups in total. The average Bonchev–Trinajstić information content (AvgIpc) is 2.65. The normalized spacial score (nSPS) is 23.8. The molecule has 0 saturated heterocycles. The zero-order valence-electron chi connectivity index (χ0n) is 9.35. The van der Waals surface area contributed by atoms with Gasteiger partial charge in [0.15, 0.2) is 0 Å². The molecule has 0 heterocycles. The Morgan fingerprint density at radius 2 is 1.67 bits per heavy atom. The molecule has 0 bridgehead atoms. The lowest BCUT2D eigenvalue weighted by molar-refractivity contribution is 0.211. The third-order valence-corrected chi connectivity index (χ3v) is 3.63.